The highest BCUT2D eigenvalue weighted by atomic mass is 32.1. The van der Waals surface area contributed by atoms with Crippen molar-refractivity contribution in [2.45, 2.75) is 6.92 Å². The first kappa shape index (κ1) is 21.6. The van der Waals surface area contributed by atoms with E-state index in [9.17, 15) is 4.79 Å². The minimum Gasteiger partial charge on any atom is -0.497 e. The van der Waals surface area contributed by atoms with Crippen LogP contribution < -0.4 is 15.8 Å². The molecule has 0 aliphatic heterocycles. The molecule has 0 spiro atoms. The van der Waals surface area contributed by atoms with Crippen molar-refractivity contribution in [2.75, 3.05) is 18.2 Å². The van der Waals surface area contributed by atoms with Crippen LogP contribution >= 0.6 is 11.3 Å². The third-order valence-electron chi connectivity index (χ3n) is 5.56. The third-order valence-corrected chi connectivity index (χ3v) is 6.66. The fourth-order valence-corrected chi connectivity index (χ4v) is 4.78. The van der Waals surface area contributed by atoms with E-state index < -0.39 is 0 Å². The highest BCUT2D eigenvalue weighted by molar-refractivity contribution is 7.21. The van der Waals surface area contributed by atoms with Crippen molar-refractivity contribution in [3.05, 3.63) is 89.4 Å². The van der Waals surface area contributed by atoms with Crippen molar-refractivity contribution in [2.24, 2.45) is 0 Å². The summed E-state index contributed by atoms with van der Waals surface area (Å²) < 4.78 is 5.29. The van der Waals surface area contributed by atoms with Crippen molar-refractivity contribution in [1.82, 2.24) is 9.97 Å². The fourth-order valence-electron chi connectivity index (χ4n) is 3.77. The highest BCUT2D eigenvalue weighted by Gasteiger charge is 2.22. The number of pyridine rings is 2. The maximum Gasteiger partial charge on any atom is 0.269 e. The Morgan fingerprint density at radius 1 is 1.00 bits per heavy atom. The number of aromatic nitrogens is 2. The van der Waals surface area contributed by atoms with Gasteiger partial charge in [-0.2, -0.15) is 0 Å². The average Bonchev–Trinajstić information content (AvgIpc) is 3.21. The summed E-state index contributed by atoms with van der Waals surface area (Å²) in [4.78, 5) is 23.2. The number of carbonyl (C=O) groups excluding carboxylic acids is 1. The van der Waals surface area contributed by atoms with Gasteiger partial charge in [-0.3, -0.25) is 4.79 Å². The molecule has 5 aromatic rings. The number of nitrogens with zero attached hydrogens (tertiary/aromatic N) is 2. The van der Waals surface area contributed by atoms with Crippen LogP contribution in [-0.2, 0) is 0 Å². The van der Waals surface area contributed by atoms with E-state index in [0.717, 1.165) is 39.1 Å². The second-order valence-corrected chi connectivity index (χ2v) is 8.84. The molecule has 0 saturated heterocycles. The lowest BCUT2D eigenvalue weighted by Gasteiger charge is -2.10. The zero-order chi connectivity index (χ0) is 23.7. The van der Waals surface area contributed by atoms with E-state index in [1.807, 2.05) is 43.3 Å². The van der Waals surface area contributed by atoms with Gasteiger partial charge in [0.1, 0.15) is 21.3 Å². The summed E-state index contributed by atoms with van der Waals surface area (Å²) in [6.07, 6.45) is 1.63. The zero-order valence-electron chi connectivity index (χ0n) is 18.7. The monoisotopic (exact) mass is 466 g/mol. The van der Waals surface area contributed by atoms with E-state index >= 15 is 0 Å². The quantitative estimate of drug-likeness (QED) is 0.323. The first-order valence-electron chi connectivity index (χ1n) is 10.7. The van der Waals surface area contributed by atoms with Gasteiger partial charge in [-0.25, -0.2) is 9.97 Å². The molecule has 0 aliphatic carbocycles. The number of fused-ring (bicyclic) bond motifs is 1. The molecule has 0 radical (unpaired) electrons. The number of thiophene rings is 1. The van der Waals surface area contributed by atoms with Crippen LogP contribution in [0.5, 0.6) is 5.75 Å². The Hall–Kier alpha value is -4.23. The van der Waals surface area contributed by atoms with Crippen LogP contribution in [0.1, 0.15) is 15.2 Å². The van der Waals surface area contributed by atoms with Crippen LogP contribution in [0.25, 0.3) is 32.6 Å². The largest absolute Gasteiger partial charge is 0.497 e. The maximum atomic E-state index is 13.1. The summed E-state index contributed by atoms with van der Waals surface area (Å²) in [6, 6.07) is 23.4. The smallest absolute Gasteiger partial charge is 0.269 e. The molecule has 0 unspecified atom stereocenters. The van der Waals surface area contributed by atoms with Crippen LogP contribution in [0.3, 0.4) is 0 Å². The van der Waals surface area contributed by atoms with Crippen LogP contribution in [0.15, 0.2) is 79.0 Å². The predicted molar refractivity (Wildman–Crippen MR) is 138 cm³/mol. The second-order valence-electron chi connectivity index (χ2n) is 7.84. The molecular formula is C27H22N4O2S. The van der Waals surface area contributed by atoms with E-state index in [-0.39, 0.29) is 5.91 Å². The van der Waals surface area contributed by atoms with E-state index in [4.69, 9.17) is 15.5 Å². The molecule has 2 aromatic carbocycles. The standard InChI is InChI=1S/C27H22N4O2S/c1-16-6-8-17(9-7-16)20-15-21(18-10-12-19(33-2)13-11-18)30-27-23(20)24(28)25(34-27)26(32)31-22-5-3-4-14-29-22/h3-15H,28H2,1-2H3,(H,29,31,32). The number of benzene rings is 2. The van der Waals surface area contributed by atoms with E-state index in [2.05, 4.69) is 34.6 Å². The first-order valence-corrected chi connectivity index (χ1v) is 11.5. The number of amides is 1. The molecule has 168 valence electrons. The van der Waals surface area contributed by atoms with Gasteiger partial charge in [0.2, 0.25) is 0 Å². The second kappa shape index (κ2) is 8.96. The highest BCUT2D eigenvalue weighted by Crippen LogP contribution is 2.41. The van der Waals surface area contributed by atoms with Crippen molar-refractivity contribution >= 4 is 39.0 Å². The number of nitrogens with one attached hydrogen (secondary N) is 1. The van der Waals surface area contributed by atoms with E-state index in [0.29, 0.717) is 21.2 Å². The Bertz CT molecular complexity index is 1480. The molecule has 0 atom stereocenters. The Morgan fingerprint density at radius 2 is 1.74 bits per heavy atom. The number of methoxy groups -OCH3 is 1. The van der Waals surface area contributed by atoms with Crippen molar-refractivity contribution in [3.63, 3.8) is 0 Å². The minimum absolute atomic E-state index is 0.306. The molecule has 7 heteroatoms. The summed E-state index contributed by atoms with van der Waals surface area (Å²) in [7, 11) is 1.64. The molecule has 5 rings (SSSR count). The lowest BCUT2D eigenvalue weighted by Crippen LogP contribution is -2.12. The molecule has 0 saturated carbocycles. The van der Waals surface area contributed by atoms with E-state index in [1.54, 1.807) is 25.4 Å². The number of anilines is 2. The molecule has 34 heavy (non-hydrogen) atoms. The van der Waals surface area contributed by atoms with E-state index in [1.165, 1.54) is 11.3 Å². The van der Waals surface area contributed by atoms with Gasteiger partial charge in [0.05, 0.1) is 18.5 Å². The summed E-state index contributed by atoms with van der Waals surface area (Å²) in [5.41, 5.74) is 11.8. The van der Waals surface area contributed by atoms with Crippen LogP contribution in [0.2, 0.25) is 0 Å². The van der Waals surface area contributed by atoms with Crippen LogP contribution in [0.4, 0.5) is 11.5 Å². The van der Waals surface area contributed by atoms with Crippen molar-refractivity contribution < 1.29 is 9.53 Å². The number of ether oxygens (including phenoxy) is 1. The first-order chi connectivity index (χ1) is 16.5. The van der Waals surface area contributed by atoms with Gasteiger partial charge in [0, 0.05) is 17.1 Å². The normalized spacial score (nSPS) is 10.9. The number of hydrogen-bond acceptors (Lipinski definition) is 6. The maximum absolute atomic E-state index is 13.1. The summed E-state index contributed by atoms with van der Waals surface area (Å²) >= 11 is 1.28. The fraction of sp³-hybridized carbons (Fsp3) is 0.0741. The van der Waals surface area contributed by atoms with Gasteiger partial charge in [0.15, 0.2) is 0 Å². The van der Waals surface area contributed by atoms with Gasteiger partial charge in [-0.15, -0.1) is 11.3 Å². The molecule has 0 bridgehead atoms. The van der Waals surface area contributed by atoms with Gasteiger partial charge in [-0.05, 0) is 60.5 Å². The predicted octanol–water partition coefficient (Wildman–Crippen LogP) is 6.18. The Balaban J connectivity index is 1.67. The third kappa shape index (κ3) is 4.09. The summed E-state index contributed by atoms with van der Waals surface area (Å²) in [6.45, 7) is 2.05. The number of carbonyl (C=O) groups is 1. The number of rotatable bonds is 5. The number of aryl methyl sites for hydroxylation is 1. The molecule has 6 nitrogen and oxygen atoms in total. The van der Waals surface area contributed by atoms with Crippen LogP contribution in [0, 0.1) is 6.92 Å². The lowest BCUT2D eigenvalue weighted by atomic mass is 9.98. The SMILES string of the molecule is COc1ccc(-c2cc(-c3ccc(C)cc3)c3c(N)c(C(=O)Nc4ccccn4)sc3n2)cc1. The van der Waals surface area contributed by atoms with Crippen molar-refractivity contribution in [1.29, 1.82) is 0 Å². The van der Waals surface area contributed by atoms with Gasteiger partial charge in [-0.1, -0.05) is 35.9 Å². The average molecular weight is 467 g/mol. The number of nitrogen functional groups attached to an aromatic ring is 1. The summed E-state index contributed by atoms with van der Waals surface area (Å²) in [5.74, 6) is 0.937. The molecule has 0 fully saturated rings. The molecule has 3 aromatic heterocycles. The molecular weight excluding hydrogens is 444 g/mol. The topological polar surface area (TPSA) is 90.1 Å². The molecule has 3 N–H and O–H groups in total. The minimum atomic E-state index is -0.306. The Kier molecular flexibility index (Phi) is 5.69. The summed E-state index contributed by atoms with van der Waals surface area (Å²) in [5, 5.41) is 3.60. The Labute approximate surface area is 201 Å². The molecule has 1 amide bonds. The van der Waals surface area contributed by atoms with Gasteiger partial charge in [0.25, 0.3) is 5.91 Å². The molecule has 3 heterocycles. The van der Waals surface area contributed by atoms with Crippen molar-refractivity contribution in [3.8, 4) is 28.1 Å². The lowest BCUT2D eigenvalue weighted by molar-refractivity contribution is 0.103. The molecule has 0 aliphatic rings. The number of hydrogen-bond donors (Lipinski definition) is 2. The van der Waals surface area contributed by atoms with Gasteiger partial charge >= 0.3 is 0 Å². The Morgan fingerprint density at radius 3 is 2.41 bits per heavy atom. The zero-order valence-corrected chi connectivity index (χ0v) is 19.5. The van der Waals surface area contributed by atoms with Gasteiger partial charge < -0.3 is 15.8 Å². The van der Waals surface area contributed by atoms with Crippen LogP contribution in [-0.4, -0.2) is 23.0 Å². The number of nitrogens with two attached hydrogens (primary N) is 1.